The lowest BCUT2D eigenvalue weighted by Crippen LogP contribution is -1.80. The quantitative estimate of drug-likeness (QED) is 0.480. The summed E-state index contributed by atoms with van der Waals surface area (Å²) in [7, 11) is 0. The van der Waals surface area contributed by atoms with Gasteiger partial charge in [0.2, 0.25) is 0 Å². The van der Waals surface area contributed by atoms with E-state index in [9.17, 15) is 0 Å². The van der Waals surface area contributed by atoms with E-state index in [2.05, 4.69) is 11.8 Å². The highest BCUT2D eigenvalue weighted by Crippen LogP contribution is 2.14. The molecule has 0 bridgehead atoms. The first-order valence-electron chi connectivity index (χ1n) is 3.58. The summed E-state index contributed by atoms with van der Waals surface area (Å²) in [5, 5.41) is 9.09. The largest absolute Gasteiger partial charge is 0.508 e. The number of phenolic OH excluding ortho intramolecular Hbond substituents is 1. The normalized spacial score (nSPS) is 8.83. The maximum absolute atomic E-state index is 9.09. The average molecular weight is 181 g/mol. The zero-order chi connectivity index (χ0) is 8.97. The van der Waals surface area contributed by atoms with Crippen molar-refractivity contribution in [3.63, 3.8) is 0 Å². The van der Waals surface area contributed by atoms with E-state index in [1.165, 1.54) is 0 Å². The lowest BCUT2D eigenvalue weighted by atomic mass is 10.1. The minimum absolute atomic E-state index is 0.268. The van der Waals surface area contributed by atoms with Crippen molar-refractivity contribution >= 4 is 11.6 Å². The summed E-state index contributed by atoms with van der Waals surface area (Å²) in [5.74, 6) is 6.26. The molecule has 0 saturated heterocycles. The van der Waals surface area contributed by atoms with Crippen LogP contribution in [-0.4, -0.2) is 11.0 Å². The molecule has 62 valence electrons. The molecule has 0 aliphatic carbocycles. The van der Waals surface area contributed by atoms with E-state index in [-0.39, 0.29) is 5.75 Å². The van der Waals surface area contributed by atoms with Crippen molar-refractivity contribution in [2.45, 2.75) is 6.92 Å². The number of phenols is 1. The number of halogens is 1. The molecular weight excluding hydrogens is 172 g/mol. The van der Waals surface area contributed by atoms with Gasteiger partial charge in [0, 0.05) is 5.56 Å². The molecule has 0 aliphatic rings. The monoisotopic (exact) mass is 180 g/mol. The van der Waals surface area contributed by atoms with Crippen LogP contribution in [0.4, 0.5) is 0 Å². The number of aromatic hydroxyl groups is 1. The Labute approximate surface area is 77.0 Å². The van der Waals surface area contributed by atoms with Crippen LogP contribution in [0.3, 0.4) is 0 Å². The number of alkyl halides is 1. The maximum atomic E-state index is 9.09. The van der Waals surface area contributed by atoms with Crippen LogP contribution in [0.1, 0.15) is 11.1 Å². The molecule has 12 heavy (non-hydrogen) atoms. The minimum Gasteiger partial charge on any atom is -0.508 e. The predicted octanol–water partition coefficient (Wildman–Crippen LogP) is 2.29. The van der Waals surface area contributed by atoms with Gasteiger partial charge < -0.3 is 5.11 Å². The van der Waals surface area contributed by atoms with E-state index < -0.39 is 0 Å². The zero-order valence-electron chi connectivity index (χ0n) is 6.76. The summed E-state index contributed by atoms with van der Waals surface area (Å²) in [5.41, 5.74) is 1.88. The van der Waals surface area contributed by atoms with Gasteiger partial charge in [0.05, 0.1) is 5.88 Å². The highest BCUT2D eigenvalue weighted by Gasteiger charge is 1.94. The first-order valence-corrected chi connectivity index (χ1v) is 4.12. The SMILES string of the molecule is Cc1cc(O)ccc1C#CCCl. The van der Waals surface area contributed by atoms with Crippen LogP contribution >= 0.6 is 11.6 Å². The van der Waals surface area contributed by atoms with Crippen LogP contribution in [0.25, 0.3) is 0 Å². The van der Waals surface area contributed by atoms with Gasteiger partial charge in [-0.3, -0.25) is 0 Å². The Morgan fingerprint density at radius 2 is 2.25 bits per heavy atom. The lowest BCUT2D eigenvalue weighted by Gasteiger charge is -1.97. The predicted molar refractivity (Wildman–Crippen MR) is 50.4 cm³/mol. The first-order chi connectivity index (χ1) is 5.74. The van der Waals surface area contributed by atoms with Gasteiger partial charge in [-0.1, -0.05) is 11.8 Å². The molecule has 0 fully saturated rings. The molecular formula is C10H9ClO. The van der Waals surface area contributed by atoms with Gasteiger partial charge in [-0.05, 0) is 30.7 Å². The summed E-state index contributed by atoms with van der Waals surface area (Å²) >= 11 is 5.41. The molecule has 0 atom stereocenters. The Kier molecular flexibility index (Phi) is 3.01. The van der Waals surface area contributed by atoms with Crippen molar-refractivity contribution in [2.75, 3.05) is 5.88 Å². The number of hydrogen-bond acceptors (Lipinski definition) is 1. The highest BCUT2D eigenvalue weighted by molar-refractivity contribution is 6.19. The Morgan fingerprint density at radius 1 is 1.50 bits per heavy atom. The highest BCUT2D eigenvalue weighted by atomic mass is 35.5. The Balaban J connectivity index is 3.01. The summed E-state index contributed by atoms with van der Waals surface area (Å²) in [6.07, 6.45) is 0. The molecule has 0 aromatic heterocycles. The third-order valence-corrected chi connectivity index (χ3v) is 1.63. The second-order valence-corrected chi connectivity index (χ2v) is 2.70. The second kappa shape index (κ2) is 4.04. The van der Waals surface area contributed by atoms with Crippen LogP contribution in [0.2, 0.25) is 0 Å². The molecule has 0 unspecified atom stereocenters. The molecule has 1 aromatic rings. The zero-order valence-corrected chi connectivity index (χ0v) is 7.52. The van der Waals surface area contributed by atoms with Gasteiger partial charge in [0.1, 0.15) is 5.75 Å². The van der Waals surface area contributed by atoms with Crippen molar-refractivity contribution in [1.29, 1.82) is 0 Å². The fourth-order valence-corrected chi connectivity index (χ4v) is 0.984. The van der Waals surface area contributed by atoms with Crippen molar-refractivity contribution in [3.8, 4) is 17.6 Å². The van der Waals surface area contributed by atoms with E-state index in [0.717, 1.165) is 11.1 Å². The molecule has 0 radical (unpaired) electrons. The maximum Gasteiger partial charge on any atom is 0.115 e. The van der Waals surface area contributed by atoms with E-state index in [4.69, 9.17) is 16.7 Å². The first kappa shape index (κ1) is 8.96. The standard InChI is InChI=1S/C10H9ClO/c1-8-7-10(12)5-4-9(8)3-2-6-11/h4-5,7,12H,6H2,1H3. The molecule has 0 amide bonds. The molecule has 2 heteroatoms. The van der Waals surface area contributed by atoms with Crippen molar-refractivity contribution in [3.05, 3.63) is 29.3 Å². The van der Waals surface area contributed by atoms with E-state index in [0.29, 0.717) is 5.88 Å². The lowest BCUT2D eigenvalue weighted by molar-refractivity contribution is 0.475. The van der Waals surface area contributed by atoms with Crippen molar-refractivity contribution in [1.82, 2.24) is 0 Å². The molecule has 0 aliphatic heterocycles. The smallest absolute Gasteiger partial charge is 0.115 e. The van der Waals surface area contributed by atoms with Gasteiger partial charge >= 0.3 is 0 Å². The summed E-state index contributed by atoms with van der Waals surface area (Å²) in [4.78, 5) is 0. The van der Waals surface area contributed by atoms with Gasteiger partial charge in [-0.25, -0.2) is 0 Å². The number of rotatable bonds is 0. The van der Waals surface area contributed by atoms with Crippen LogP contribution in [-0.2, 0) is 0 Å². The number of hydrogen-bond donors (Lipinski definition) is 1. The van der Waals surface area contributed by atoms with Gasteiger partial charge in [0.15, 0.2) is 0 Å². The molecule has 1 N–H and O–H groups in total. The summed E-state index contributed by atoms with van der Waals surface area (Å²) in [6.45, 7) is 1.90. The topological polar surface area (TPSA) is 20.2 Å². The second-order valence-electron chi connectivity index (χ2n) is 2.43. The van der Waals surface area contributed by atoms with Gasteiger partial charge in [-0.15, -0.1) is 11.6 Å². The third-order valence-electron chi connectivity index (χ3n) is 1.50. The van der Waals surface area contributed by atoms with Crippen LogP contribution < -0.4 is 0 Å². The van der Waals surface area contributed by atoms with Crippen LogP contribution in [0.5, 0.6) is 5.75 Å². The fourth-order valence-electron chi connectivity index (χ4n) is 0.917. The molecule has 1 nitrogen and oxygen atoms in total. The van der Waals surface area contributed by atoms with E-state index in [1.807, 2.05) is 6.92 Å². The van der Waals surface area contributed by atoms with Crippen molar-refractivity contribution < 1.29 is 5.11 Å². The minimum atomic E-state index is 0.268. The van der Waals surface area contributed by atoms with E-state index >= 15 is 0 Å². The molecule has 0 heterocycles. The summed E-state index contributed by atoms with van der Waals surface area (Å²) < 4.78 is 0. The Bertz CT molecular complexity index is 333. The molecule has 0 saturated carbocycles. The van der Waals surface area contributed by atoms with Crippen LogP contribution in [0.15, 0.2) is 18.2 Å². The van der Waals surface area contributed by atoms with Gasteiger partial charge in [-0.2, -0.15) is 0 Å². The molecule has 1 aromatic carbocycles. The Hall–Kier alpha value is -1.13. The molecule has 0 spiro atoms. The summed E-state index contributed by atoms with van der Waals surface area (Å²) in [6, 6.07) is 5.08. The molecule has 1 rings (SSSR count). The van der Waals surface area contributed by atoms with Gasteiger partial charge in [0.25, 0.3) is 0 Å². The number of aryl methyl sites for hydroxylation is 1. The number of benzene rings is 1. The third kappa shape index (κ3) is 2.18. The van der Waals surface area contributed by atoms with Crippen LogP contribution in [0, 0.1) is 18.8 Å². The average Bonchev–Trinajstić information content (AvgIpc) is 2.03. The van der Waals surface area contributed by atoms with Crippen molar-refractivity contribution in [2.24, 2.45) is 0 Å². The Morgan fingerprint density at radius 3 is 2.83 bits per heavy atom. The van der Waals surface area contributed by atoms with E-state index in [1.54, 1.807) is 18.2 Å². The fraction of sp³-hybridized carbons (Fsp3) is 0.200.